The molecule has 0 saturated carbocycles. The maximum atomic E-state index is 9.59. The molecule has 0 aliphatic heterocycles. The number of hydrogen-bond acceptors (Lipinski definition) is 3. The van der Waals surface area contributed by atoms with Gasteiger partial charge in [0.2, 0.25) is 0 Å². The Labute approximate surface area is 91.6 Å². The molecule has 0 spiro atoms. The van der Waals surface area contributed by atoms with Crippen molar-refractivity contribution in [2.75, 3.05) is 0 Å². The highest BCUT2D eigenvalue weighted by Crippen LogP contribution is 2.27. The molecule has 0 bridgehead atoms. The summed E-state index contributed by atoms with van der Waals surface area (Å²) >= 11 is 0. The van der Waals surface area contributed by atoms with E-state index in [1.165, 1.54) is 0 Å². The Hall–Kier alpha value is -2.52. The van der Waals surface area contributed by atoms with Crippen LogP contribution in [0.3, 0.4) is 0 Å². The summed E-state index contributed by atoms with van der Waals surface area (Å²) < 4.78 is 0. The molecule has 1 N–H and O–H groups in total. The highest BCUT2D eigenvalue weighted by Gasteiger charge is 2.03. The molecule has 0 atom stereocenters. The molecule has 0 unspecified atom stereocenters. The van der Waals surface area contributed by atoms with Gasteiger partial charge >= 0.3 is 0 Å². The third-order valence-corrected chi connectivity index (χ3v) is 2.09. The van der Waals surface area contributed by atoms with Crippen LogP contribution in [-0.2, 0) is 0 Å². The average Bonchev–Trinajstić information content (AvgIpc) is 2.31. The lowest BCUT2D eigenvalue weighted by Crippen LogP contribution is -1.82. The first-order chi connectivity index (χ1) is 7.81. The van der Waals surface area contributed by atoms with Gasteiger partial charge in [-0.15, -0.1) is 0 Å². The summed E-state index contributed by atoms with van der Waals surface area (Å²) in [7, 11) is 0. The Morgan fingerprint density at radius 2 is 1.94 bits per heavy atom. The molecule has 0 aliphatic rings. The van der Waals surface area contributed by atoms with Crippen molar-refractivity contribution in [3.05, 3.63) is 53.0 Å². The zero-order valence-corrected chi connectivity index (χ0v) is 8.28. The van der Waals surface area contributed by atoms with E-state index in [1.807, 2.05) is 0 Å². The van der Waals surface area contributed by atoms with Crippen molar-refractivity contribution in [3.8, 4) is 17.0 Å². The Morgan fingerprint density at radius 3 is 2.56 bits per heavy atom. The zero-order chi connectivity index (χ0) is 11.4. The third kappa shape index (κ3) is 1.94. The lowest BCUT2D eigenvalue weighted by molar-refractivity contribution is 0.475. The van der Waals surface area contributed by atoms with Gasteiger partial charge in [-0.05, 0) is 17.7 Å². The molecule has 5 heteroatoms. The Morgan fingerprint density at radius 1 is 1.19 bits per heavy atom. The predicted octanol–water partition coefficient (Wildman–Crippen LogP) is 3.40. The van der Waals surface area contributed by atoms with Gasteiger partial charge in [-0.1, -0.05) is 29.4 Å². The summed E-state index contributed by atoms with van der Waals surface area (Å²) in [5, 5.41) is 13.1. The van der Waals surface area contributed by atoms with E-state index in [0.717, 1.165) is 5.56 Å². The van der Waals surface area contributed by atoms with Crippen molar-refractivity contribution in [1.29, 1.82) is 0 Å². The van der Waals surface area contributed by atoms with Crippen molar-refractivity contribution in [2.45, 2.75) is 0 Å². The lowest BCUT2D eigenvalue weighted by atomic mass is 10.1. The Bertz CT molecular complexity index is 544. The zero-order valence-electron chi connectivity index (χ0n) is 8.28. The molecule has 2 rings (SSSR count). The second kappa shape index (κ2) is 4.33. The minimum atomic E-state index is 0.124. The second-order valence-electron chi connectivity index (χ2n) is 3.11. The average molecular weight is 212 g/mol. The van der Waals surface area contributed by atoms with E-state index in [9.17, 15) is 5.11 Å². The van der Waals surface area contributed by atoms with E-state index in [0.29, 0.717) is 11.4 Å². The maximum absolute atomic E-state index is 9.59. The van der Waals surface area contributed by atoms with Crippen molar-refractivity contribution in [1.82, 2.24) is 4.98 Å². The lowest BCUT2D eigenvalue weighted by Gasteiger charge is -2.02. The fourth-order valence-corrected chi connectivity index (χ4v) is 1.36. The molecule has 78 valence electrons. The Kier molecular flexibility index (Phi) is 2.71. The summed E-state index contributed by atoms with van der Waals surface area (Å²) in [6.07, 6.45) is 1.61. The van der Waals surface area contributed by atoms with Crippen LogP contribution >= 0.6 is 0 Å². The van der Waals surface area contributed by atoms with Gasteiger partial charge in [0.25, 0.3) is 0 Å². The molecular formula is C11H8N4O. The molecule has 0 fully saturated rings. The molecule has 2 aromatic rings. The van der Waals surface area contributed by atoms with E-state index < -0.39 is 0 Å². The van der Waals surface area contributed by atoms with Crippen molar-refractivity contribution >= 4 is 5.69 Å². The molecule has 0 radical (unpaired) electrons. The first-order valence-corrected chi connectivity index (χ1v) is 4.61. The number of rotatable bonds is 2. The van der Waals surface area contributed by atoms with Crippen molar-refractivity contribution in [3.63, 3.8) is 0 Å². The number of aromatic hydroxyl groups is 1. The summed E-state index contributed by atoms with van der Waals surface area (Å²) in [5.41, 5.74) is 10.1. The van der Waals surface area contributed by atoms with Crippen LogP contribution in [0.25, 0.3) is 21.7 Å². The van der Waals surface area contributed by atoms with Crippen LogP contribution in [0.1, 0.15) is 0 Å². The van der Waals surface area contributed by atoms with E-state index in [4.69, 9.17) is 5.53 Å². The number of pyridine rings is 1. The maximum Gasteiger partial charge on any atom is 0.141 e. The summed E-state index contributed by atoms with van der Waals surface area (Å²) in [6.45, 7) is 0. The van der Waals surface area contributed by atoms with Gasteiger partial charge in [-0.25, -0.2) is 0 Å². The van der Waals surface area contributed by atoms with Crippen molar-refractivity contribution < 1.29 is 5.11 Å². The van der Waals surface area contributed by atoms with Crippen LogP contribution in [0.2, 0.25) is 0 Å². The van der Waals surface area contributed by atoms with Crippen LogP contribution in [0, 0.1) is 0 Å². The molecule has 1 aromatic carbocycles. The number of benzene rings is 1. The Balaban J connectivity index is 2.42. The monoisotopic (exact) mass is 212 g/mol. The second-order valence-corrected chi connectivity index (χ2v) is 3.11. The normalized spacial score (nSPS) is 9.50. The van der Waals surface area contributed by atoms with Crippen LogP contribution < -0.4 is 0 Å². The summed E-state index contributed by atoms with van der Waals surface area (Å²) in [4.78, 5) is 6.76. The summed E-state index contributed by atoms with van der Waals surface area (Å²) in [6, 6.07) is 10.1. The highest BCUT2D eigenvalue weighted by molar-refractivity contribution is 5.67. The van der Waals surface area contributed by atoms with Crippen molar-refractivity contribution in [2.24, 2.45) is 5.11 Å². The highest BCUT2D eigenvalue weighted by atomic mass is 16.3. The van der Waals surface area contributed by atoms with Gasteiger partial charge in [-0.3, -0.25) is 4.98 Å². The van der Waals surface area contributed by atoms with E-state index in [-0.39, 0.29) is 5.75 Å². The van der Waals surface area contributed by atoms with Crippen LogP contribution in [0.5, 0.6) is 5.75 Å². The molecule has 5 nitrogen and oxygen atoms in total. The standard InChI is InChI=1S/C11H8N4O/c12-15-14-9-5-3-8(4-6-9)11-10(16)2-1-7-13-11/h1-7,16H. The molecule has 0 aliphatic carbocycles. The molecule has 1 aromatic heterocycles. The molecule has 1 heterocycles. The predicted molar refractivity (Wildman–Crippen MR) is 60.1 cm³/mol. The fraction of sp³-hybridized carbons (Fsp3) is 0. The van der Waals surface area contributed by atoms with Gasteiger partial charge in [0, 0.05) is 22.4 Å². The minimum Gasteiger partial charge on any atom is -0.506 e. The molecule has 16 heavy (non-hydrogen) atoms. The molecule has 0 saturated heterocycles. The van der Waals surface area contributed by atoms with Crippen LogP contribution in [-0.4, -0.2) is 10.1 Å². The van der Waals surface area contributed by atoms with Crippen LogP contribution in [0.15, 0.2) is 47.7 Å². The van der Waals surface area contributed by atoms with Gasteiger partial charge in [0.05, 0.1) is 0 Å². The SMILES string of the molecule is [N-]=[N+]=Nc1ccc(-c2ncccc2O)cc1. The quantitative estimate of drug-likeness (QED) is 0.470. The van der Waals surface area contributed by atoms with E-state index in [2.05, 4.69) is 15.0 Å². The molecule has 0 amide bonds. The smallest absolute Gasteiger partial charge is 0.141 e. The largest absolute Gasteiger partial charge is 0.506 e. The minimum absolute atomic E-state index is 0.124. The van der Waals surface area contributed by atoms with Gasteiger partial charge in [-0.2, -0.15) is 0 Å². The van der Waals surface area contributed by atoms with Gasteiger partial charge in [0.15, 0.2) is 0 Å². The summed E-state index contributed by atoms with van der Waals surface area (Å²) in [5.74, 6) is 0.124. The number of hydrogen-bond donors (Lipinski definition) is 1. The first-order valence-electron chi connectivity index (χ1n) is 4.61. The topological polar surface area (TPSA) is 81.9 Å². The van der Waals surface area contributed by atoms with Crippen LogP contribution in [0.4, 0.5) is 5.69 Å². The number of nitrogens with zero attached hydrogens (tertiary/aromatic N) is 4. The number of aromatic nitrogens is 1. The molecular weight excluding hydrogens is 204 g/mol. The fourth-order valence-electron chi connectivity index (χ4n) is 1.36. The van der Waals surface area contributed by atoms with E-state index in [1.54, 1.807) is 42.6 Å². The van der Waals surface area contributed by atoms with Gasteiger partial charge < -0.3 is 5.11 Å². The number of azide groups is 1. The van der Waals surface area contributed by atoms with Gasteiger partial charge in [0.1, 0.15) is 11.4 Å². The van der Waals surface area contributed by atoms with E-state index >= 15 is 0 Å². The first kappa shape index (κ1) is 10.0. The third-order valence-electron chi connectivity index (χ3n) is 2.09.